The van der Waals surface area contributed by atoms with E-state index >= 15 is 0 Å². The zero-order valence-corrected chi connectivity index (χ0v) is 17.1. The number of para-hydroxylation sites is 2. The molecule has 0 atom stereocenters. The van der Waals surface area contributed by atoms with Crippen molar-refractivity contribution in [2.75, 3.05) is 0 Å². The van der Waals surface area contributed by atoms with Crippen LogP contribution in [0.15, 0.2) is 33.9 Å². The summed E-state index contributed by atoms with van der Waals surface area (Å²) in [6.45, 7) is 11.6. The molecule has 0 aliphatic carbocycles. The third kappa shape index (κ3) is 5.76. The zero-order valence-electron chi connectivity index (χ0n) is 16.3. The fraction of sp³-hybridized carbons (Fsp3) is 0.526. The highest BCUT2D eigenvalue weighted by molar-refractivity contribution is 7.97. The van der Waals surface area contributed by atoms with Gasteiger partial charge in [-0.2, -0.15) is 0 Å². The molecular weight excluding hydrogens is 350 g/mol. The van der Waals surface area contributed by atoms with Crippen molar-refractivity contribution < 1.29 is 14.0 Å². The van der Waals surface area contributed by atoms with Crippen molar-refractivity contribution in [3.8, 4) is 0 Å². The first kappa shape index (κ1) is 20.3. The second-order valence-electron chi connectivity index (χ2n) is 8.20. The Morgan fingerprint density at radius 2 is 1.77 bits per heavy atom. The molecule has 1 heterocycles. The quantitative estimate of drug-likeness (QED) is 0.792. The molecule has 0 aliphatic heterocycles. The minimum atomic E-state index is -0.442. The van der Waals surface area contributed by atoms with Crippen LogP contribution in [-0.2, 0) is 9.59 Å². The summed E-state index contributed by atoms with van der Waals surface area (Å²) < 4.78 is 7.34. The van der Waals surface area contributed by atoms with E-state index in [1.165, 1.54) is 11.9 Å². The first-order valence-corrected chi connectivity index (χ1v) is 9.41. The Kier molecular flexibility index (Phi) is 6.01. The maximum Gasteiger partial charge on any atom is 0.278 e. The summed E-state index contributed by atoms with van der Waals surface area (Å²) in [6, 6.07) is 7.47. The summed E-state index contributed by atoms with van der Waals surface area (Å²) in [5.41, 5.74) is 0.682. The molecule has 2 aromatic rings. The Balaban J connectivity index is 2.07. The highest BCUT2D eigenvalue weighted by Crippen LogP contribution is 2.32. The van der Waals surface area contributed by atoms with Gasteiger partial charge in [-0.3, -0.25) is 13.9 Å². The molecule has 142 valence electrons. The number of carbonyl (C=O) groups excluding carboxylic acids is 2. The summed E-state index contributed by atoms with van der Waals surface area (Å²) >= 11 is 1.17. The Morgan fingerprint density at radius 3 is 2.35 bits per heavy atom. The Hall–Kier alpha value is -2.02. The molecule has 0 unspecified atom stereocenters. The normalized spacial score (nSPS) is 12.2. The van der Waals surface area contributed by atoms with E-state index in [-0.39, 0.29) is 30.2 Å². The van der Waals surface area contributed by atoms with E-state index in [4.69, 9.17) is 4.42 Å². The highest BCUT2D eigenvalue weighted by Gasteiger charge is 2.30. The lowest BCUT2D eigenvalue weighted by molar-refractivity contribution is -0.132. The van der Waals surface area contributed by atoms with Crippen molar-refractivity contribution in [1.82, 2.24) is 14.6 Å². The SMILES string of the molecule is CC(C)(C)NC(=O)CCC(=O)N(Sc1nc2ccccc2o1)C(C)(C)C. The Labute approximate surface area is 158 Å². The number of fused-ring (bicyclic) bond motifs is 1. The molecule has 0 radical (unpaired) electrons. The summed E-state index contributed by atoms with van der Waals surface area (Å²) in [4.78, 5) is 29.1. The summed E-state index contributed by atoms with van der Waals surface area (Å²) in [7, 11) is 0. The average Bonchev–Trinajstić information content (AvgIpc) is 2.90. The summed E-state index contributed by atoms with van der Waals surface area (Å²) in [6.07, 6.45) is 0.281. The van der Waals surface area contributed by atoms with Crippen molar-refractivity contribution >= 4 is 34.9 Å². The van der Waals surface area contributed by atoms with Gasteiger partial charge in [-0.25, -0.2) is 4.98 Å². The van der Waals surface area contributed by atoms with Gasteiger partial charge in [-0.05, 0) is 53.7 Å². The molecule has 0 bridgehead atoms. The van der Waals surface area contributed by atoms with Gasteiger partial charge in [0.05, 0.1) is 11.9 Å². The van der Waals surface area contributed by atoms with Crippen molar-refractivity contribution in [2.24, 2.45) is 0 Å². The van der Waals surface area contributed by atoms with Crippen LogP contribution < -0.4 is 5.32 Å². The van der Waals surface area contributed by atoms with Gasteiger partial charge in [0.25, 0.3) is 5.22 Å². The number of rotatable bonds is 5. The number of hydrogen-bond acceptors (Lipinski definition) is 5. The number of aromatic nitrogens is 1. The minimum absolute atomic E-state index is 0.131. The maximum absolute atomic E-state index is 12.7. The van der Waals surface area contributed by atoms with E-state index in [9.17, 15) is 9.59 Å². The molecule has 2 rings (SSSR count). The van der Waals surface area contributed by atoms with E-state index < -0.39 is 5.54 Å². The lowest BCUT2D eigenvalue weighted by Gasteiger charge is -2.33. The molecular formula is C19H27N3O3S. The lowest BCUT2D eigenvalue weighted by Crippen LogP contribution is -2.43. The zero-order chi connectivity index (χ0) is 19.5. The largest absolute Gasteiger partial charge is 0.430 e. The van der Waals surface area contributed by atoms with E-state index in [0.717, 1.165) is 5.52 Å². The van der Waals surface area contributed by atoms with Crippen LogP contribution in [0.25, 0.3) is 11.1 Å². The van der Waals surface area contributed by atoms with E-state index in [1.54, 1.807) is 4.31 Å². The molecule has 1 N–H and O–H groups in total. The first-order valence-electron chi connectivity index (χ1n) is 8.63. The third-order valence-corrected chi connectivity index (χ3v) is 4.62. The number of hydrogen-bond donors (Lipinski definition) is 1. The minimum Gasteiger partial charge on any atom is -0.430 e. The number of nitrogens with one attached hydrogen (secondary N) is 1. The number of nitrogens with zero attached hydrogens (tertiary/aromatic N) is 2. The number of benzene rings is 1. The van der Waals surface area contributed by atoms with Crippen LogP contribution in [0.5, 0.6) is 0 Å². The van der Waals surface area contributed by atoms with Gasteiger partial charge in [0.15, 0.2) is 5.58 Å². The van der Waals surface area contributed by atoms with Crippen molar-refractivity contribution in [1.29, 1.82) is 0 Å². The van der Waals surface area contributed by atoms with Crippen LogP contribution in [0.4, 0.5) is 0 Å². The molecule has 7 heteroatoms. The second kappa shape index (κ2) is 7.70. The second-order valence-corrected chi connectivity index (χ2v) is 9.09. The monoisotopic (exact) mass is 377 g/mol. The number of amides is 2. The van der Waals surface area contributed by atoms with Crippen LogP contribution in [0.1, 0.15) is 54.4 Å². The van der Waals surface area contributed by atoms with Gasteiger partial charge in [0.2, 0.25) is 11.8 Å². The van der Waals surface area contributed by atoms with Crippen molar-refractivity contribution in [2.45, 2.75) is 70.7 Å². The molecule has 26 heavy (non-hydrogen) atoms. The van der Waals surface area contributed by atoms with Crippen LogP contribution in [-0.4, -0.2) is 32.2 Å². The Bertz CT molecular complexity index is 754. The molecule has 2 amide bonds. The fourth-order valence-corrected chi connectivity index (χ4v) is 3.22. The summed E-state index contributed by atoms with van der Waals surface area (Å²) in [5, 5.41) is 3.28. The summed E-state index contributed by atoms with van der Waals surface area (Å²) in [5.74, 6) is -0.264. The van der Waals surface area contributed by atoms with Gasteiger partial charge in [-0.15, -0.1) is 0 Å². The molecule has 0 saturated carbocycles. The van der Waals surface area contributed by atoms with Crippen LogP contribution >= 0.6 is 11.9 Å². The van der Waals surface area contributed by atoms with E-state index in [2.05, 4.69) is 10.3 Å². The first-order chi connectivity index (χ1) is 12.0. The molecule has 1 aromatic carbocycles. The fourth-order valence-electron chi connectivity index (χ4n) is 2.33. The van der Waals surface area contributed by atoms with Crippen molar-refractivity contribution in [3.63, 3.8) is 0 Å². The van der Waals surface area contributed by atoms with Gasteiger partial charge < -0.3 is 9.73 Å². The van der Waals surface area contributed by atoms with Gasteiger partial charge >= 0.3 is 0 Å². The van der Waals surface area contributed by atoms with Gasteiger partial charge in [-0.1, -0.05) is 12.1 Å². The number of carbonyl (C=O) groups is 2. The molecule has 0 fully saturated rings. The average molecular weight is 378 g/mol. The lowest BCUT2D eigenvalue weighted by atomic mass is 10.1. The predicted octanol–water partition coefficient (Wildman–Crippen LogP) is 4.16. The smallest absolute Gasteiger partial charge is 0.278 e. The number of oxazole rings is 1. The molecule has 6 nitrogen and oxygen atoms in total. The van der Waals surface area contributed by atoms with Crippen LogP contribution in [0, 0.1) is 0 Å². The Morgan fingerprint density at radius 1 is 1.12 bits per heavy atom. The van der Waals surface area contributed by atoms with Crippen molar-refractivity contribution in [3.05, 3.63) is 24.3 Å². The molecule has 1 aromatic heterocycles. The van der Waals surface area contributed by atoms with Crippen LogP contribution in [0.2, 0.25) is 0 Å². The third-order valence-electron chi connectivity index (χ3n) is 3.36. The standard InChI is InChI=1S/C19H27N3O3S/c1-18(2,3)21-15(23)11-12-16(24)22(19(4,5)6)26-17-20-13-9-7-8-10-14(13)25-17/h7-10H,11-12H2,1-6H3,(H,21,23). The predicted molar refractivity (Wildman–Crippen MR) is 104 cm³/mol. The molecule has 0 spiro atoms. The van der Waals surface area contributed by atoms with Crippen LogP contribution in [0.3, 0.4) is 0 Å². The van der Waals surface area contributed by atoms with E-state index in [1.807, 2.05) is 65.8 Å². The molecule has 0 aliphatic rings. The highest BCUT2D eigenvalue weighted by atomic mass is 32.2. The van der Waals surface area contributed by atoms with Gasteiger partial charge in [0, 0.05) is 23.9 Å². The maximum atomic E-state index is 12.7. The van der Waals surface area contributed by atoms with Gasteiger partial charge in [0.1, 0.15) is 5.52 Å². The topological polar surface area (TPSA) is 75.4 Å². The molecule has 0 saturated heterocycles. The van der Waals surface area contributed by atoms with E-state index in [0.29, 0.717) is 10.8 Å².